The summed E-state index contributed by atoms with van der Waals surface area (Å²) in [4.78, 5) is 4.97. The van der Waals surface area contributed by atoms with Crippen molar-refractivity contribution in [2.24, 2.45) is 0 Å². The zero-order valence-electron chi connectivity index (χ0n) is 12.6. The lowest BCUT2D eigenvalue weighted by atomic mass is 10.0. The predicted octanol–water partition coefficient (Wildman–Crippen LogP) is 2.54. The van der Waals surface area contributed by atoms with Crippen LogP contribution in [-0.2, 0) is 6.54 Å². The van der Waals surface area contributed by atoms with Gasteiger partial charge < -0.3 is 10.0 Å². The van der Waals surface area contributed by atoms with Gasteiger partial charge in [0.15, 0.2) is 0 Å². The third-order valence-electron chi connectivity index (χ3n) is 4.12. The fourth-order valence-electron chi connectivity index (χ4n) is 3.03. The van der Waals surface area contributed by atoms with E-state index in [1.807, 2.05) is 13.8 Å². The summed E-state index contributed by atoms with van der Waals surface area (Å²) in [7, 11) is 2.20. The number of aromatic hydroxyl groups is 1. The monoisotopic (exact) mass is 262 g/mol. The first-order valence-corrected chi connectivity index (χ1v) is 7.19. The van der Waals surface area contributed by atoms with Gasteiger partial charge >= 0.3 is 0 Å². The summed E-state index contributed by atoms with van der Waals surface area (Å²) in [6, 6.07) is 4.81. The van der Waals surface area contributed by atoms with Crippen molar-refractivity contribution in [3.8, 4) is 5.75 Å². The lowest BCUT2D eigenvalue weighted by Crippen LogP contribution is -2.37. The fraction of sp³-hybridized carbons (Fsp3) is 0.625. The Hall–Kier alpha value is -1.06. The molecule has 0 radical (unpaired) electrons. The minimum Gasteiger partial charge on any atom is -0.507 e. The topological polar surface area (TPSA) is 26.7 Å². The highest BCUT2D eigenvalue weighted by Crippen LogP contribution is 2.24. The SMILES string of the molecule is Cc1cc(CN2CCCN(C)CC2C)cc(C)c1O. The van der Waals surface area contributed by atoms with Gasteiger partial charge in [0, 0.05) is 25.7 Å². The van der Waals surface area contributed by atoms with Crippen LogP contribution in [0.2, 0.25) is 0 Å². The maximum Gasteiger partial charge on any atom is 0.121 e. The van der Waals surface area contributed by atoms with Crippen LogP contribution >= 0.6 is 0 Å². The Labute approximate surface area is 116 Å². The highest BCUT2D eigenvalue weighted by atomic mass is 16.3. The van der Waals surface area contributed by atoms with Crippen molar-refractivity contribution in [1.82, 2.24) is 9.80 Å². The van der Waals surface area contributed by atoms with Crippen molar-refractivity contribution < 1.29 is 5.11 Å². The molecule has 0 saturated carbocycles. The second kappa shape index (κ2) is 5.93. The van der Waals surface area contributed by atoms with Gasteiger partial charge in [0.25, 0.3) is 0 Å². The molecule has 1 aliphatic heterocycles. The van der Waals surface area contributed by atoms with Crippen LogP contribution in [0.15, 0.2) is 12.1 Å². The lowest BCUT2D eigenvalue weighted by Gasteiger charge is -2.28. The van der Waals surface area contributed by atoms with Gasteiger partial charge in [-0.3, -0.25) is 4.90 Å². The second-order valence-electron chi connectivity index (χ2n) is 6.01. The number of likely N-dealkylation sites (N-methyl/N-ethyl adjacent to an activating group) is 1. The maximum atomic E-state index is 9.85. The minimum absolute atomic E-state index is 0.437. The number of phenols is 1. The van der Waals surface area contributed by atoms with E-state index in [1.165, 1.54) is 18.5 Å². The minimum atomic E-state index is 0.437. The van der Waals surface area contributed by atoms with E-state index in [9.17, 15) is 5.11 Å². The Morgan fingerprint density at radius 2 is 1.84 bits per heavy atom. The molecule has 1 saturated heterocycles. The summed E-state index contributed by atoms with van der Waals surface area (Å²) in [6.07, 6.45) is 1.23. The van der Waals surface area contributed by atoms with E-state index in [0.717, 1.165) is 30.8 Å². The molecule has 1 aromatic carbocycles. The molecule has 3 nitrogen and oxygen atoms in total. The first kappa shape index (κ1) is 14.4. The molecule has 0 aliphatic carbocycles. The molecule has 1 aromatic rings. The standard InChI is InChI=1S/C16H26N2O/c1-12-8-15(9-13(2)16(12)19)11-18-7-5-6-17(4)10-14(18)3/h8-9,14,19H,5-7,10-11H2,1-4H3. The van der Waals surface area contributed by atoms with Gasteiger partial charge in [-0.2, -0.15) is 0 Å². The van der Waals surface area contributed by atoms with Crippen LogP contribution < -0.4 is 0 Å². The Morgan fingerprint density at radius 1 is 1.21 bits per heavy atom. The molecule has 0 spiro atoms. The predicted molar refractivity (Wildman–Crippen MR) is 79.6 cm³/mol. The summed E-state index contributed by atoms with van der Waals surface area (Å²) in [5.41, 5.74) is 3.27. The van der Waals surface area contributed by atoms with Gasteiger partial charge in [0.2, 0.25) is 0 Å². The summed E-state index contributed by atoms with van der Waals surface area (Å²) < 4.78 is 0. The summed E-state index contributed by atoms with van der Waals surface area (Å²) in [5.74, 6) is 0.437. The van der Waals surface area contributed by atoms with Crippen molar-refractivity contribution >= 4 is 0 Å². The van der Waals surface area contributed by atoms with E-state index in [2.05, 4.69) is 35.9 Å². The van der Waals surface area contributed by atoms with Crippen LogP contribution in [-0.4, -0.2) is 47.6 Å². The van der Waals surface area contributed by atoms with Crippen molar-refractivity contribution in [2.45, 2.75) is 39.8 Å². The van der Waals surface area contributed by atoms with Gasteiger partial charge in [-0.05, 0) is 57.5 Å². The summed E-state index contributed by atoms with van der Waals surface area (Å²) >= 11 is 0. The largest absolute Gasteiger partial charge is 0.507 e. The Bertz CT molecular complexity index is 421. The van der Waals surface area contributed by atoms with Gasteiger partial charge in [-0.15, -0.1) is 0 Å². The van der Waals surface area contributed by atoms with Crippen LogP contribution in [0.4, 0.5) is 0 Å². The maximum absolute atomic E-state index is 9.85. The smallest absolute Gasteiger partial charge is 0.121 e. The average molecular weight is 262 g/mol. The highest BCUT2D eigenvalue weighted by molar-refractivity contribution is 5.42. The highest BCUT2D eigenvalue weighted by Gasteiger charge is 2.19. The second-order valence-corrected chi connectivity index (χ2v) is 6.01. The Balaban J connectivity index is 2.11. The van der Waals surface area contributed by atoms with E-state index in [-0.39, 0.29) is 0 Å². The molecule has 0 amide bonds. The molecule has 0 aromatic heterocycles. The van der Waals surface area contributed by atoms with E-state index < -0.39 is 0 Å². The Morgan fingerprint density at radius 3 is 2.47 bits per heavy atom. The molecule has 3 heteroatoms. The molecule has 1 N–H and O–H groups in total. The Kier molecular flexibility index (Phi) is 4.48. The van der Waals surface area contributed by atoms with E-state index in [0.29, 0.717) is 11.8 Å². The number of hydrogen-bond acceptors (Lipinski definition) is 3. The zero-order valence-corrected chi connectivity index (χ0v) is 12.6. The fourth-order valence-corrected chi connectivity index (χ4v) is 3.03. The molecule has 1 atom stereocenters. The third-order valence-corrected chi connectivity index (χ3v) is 4.12. The van der Waals surface area contributed by atoms with Gasteiger partial charge in [0.05, 0.1) is 0 Å². The van der Waals surface area contributed by atoms with Crippen LogP contribution in [0.25, 0.3) is 0 Å². The molecule has 1 fully saturated rings. The molecular weight excluding hydrogens is 236 g/mol. The van der Waals surface area contributed by atoms with Crippen LogP contribution in [0.3, 0.4) is 0 Å². The van der Waals surface area contributed by atoms with Crippen LogP contribution in [0.1, 0.15) is 30.0 Å². The molecule has 1 aliphatic rings. The number of aryl methyl sites for hydroxylation is 2. The van der Waals surface area contributed by atoms with Gasteiger partial charge in [-0.1, -0.05) is 12.1 Å². The quantitative estimate of drug-likeness (QED) is 0.887. The van der Waals surface area contributed by atoms with Gasteiger partial charge in [0.1, 0.15) is 5.75 Å². The molecule has 2 rings (SSSR count). The van der Waals surface area contributed by atoms with Crippen molar-refractivity contribution in [3.63, 3.8) is 0 Å². The summed E-state index contributed by atoms with van der Waals surface area (Å²) in [6.45, 7) is 10.7. The first-order chi connectivity index (χ1) is 8.97. The molecule has 0 bridgehead atoms. The van der Waals surface area contributed by atoms with Crippen LogP contribution in [0, 0.1) is 13.8 Å². The lowest BCUT2D eigenvalue weighted by molar-refractivity contribution is 0.194. The molecule has 1 unspecified atom stereocenters. The van der Waals surface area contributed by atoms with Crippen LogP contribution in [0.5, 0.6) is 5.75 Å². The van der Waals surface area contributed by atoms with E-state index in [4.69, 9.17) is 0 Å². The normalized spacial score (nSPS) is 22.4. The number of nitrogens with zero attached hydrogens (tertiary/aromatic N) is 2. The average Bonchev–Trinajstić information content (AvgIpc) is 2.48. The van der Waals surface area contributed by atoms with Crippen molar-refractivity contribution in [3.05, 3.63) is 28.8 Å². The van der Waals surface area contributed by atoms with Gasteiger partial charge in [-0.25, -0.2) is 0 Å². The van der Waals surface area contributed by atoms with Crippen molar-refractivity contribution in [2.75, 3.05) is 26.7 Å². The summed E-state index contributed by atoms with van der Waals surface area (Å²) in [5, 5.41) is 9.85. The number of phenolic OH excluding ortho intramolecular Hbond substituents is 1. The molecule has 19 heavy (non-hydrogen) atoms. The van der Waals surface area contributed by atoms with E-state index in [1.54, 1.807) is 0 Å². The third kappa shape index (κ3) is 3.48. The molecule has 1 heterocycles. The molecular formula is C16H26N2O. The number of hydrogen-bond donors (Lipinski definition) is 1. The van der Waals surface area contributed by atoms with Crippen molar-refractivity contribution in [1.29, 1.82) is 0 Å². The van der Waals surface area contributed by atoms with E-state index >= 15 is 0 Å². The first-order valence-electron chi connectivity index (χ1n) is 7.19. The number of rotatable bonds is 2. The molecule has 106 valence electrons. The zero-order chi connectivity index (χ0) is 14.0. The number of benzene rings is 1.